The Hall–Kier alpha value is -1.10. The summed E-state index contributed by atoms with van der Waals surface area (Å²) in [7, 11) is 2.12. The van der Waals surface area contributed by atoms with E-state index in [4.69, 9.17) is 9.47 Å². The normalized spacial score (nSPS) is 20.1. The number of hydrogen-bond acceptors (Lipinski definition) is 4. The fourth-order valence-corrected chi connectivity index (χ4v) is 2.46. The number of likely N-dealkylation sites (N-methyl/N-ethyl adjacent to an activating group) is 1. The molecule has 1 saturated heterocycles. The van der Waals surface area contributed by atoms with Gasteiger partial charge in [0, 0.05) is 25.2 Å². The van der Waals surface area contributed by atoms with Gasteiger partial charge in [0.2, 0.25) is 0 Å². The lowest BCUT2D eigenvalue weighted by Gasteiger charge is -2.30. The molecule has 1 aliphatic rings. The van der Waals surface area contributed by atoms with Gasteiger partial charge in [0.25, 0.3) is 0 Å². The number of benzene rings is 1. The van der Waals surface area contributed by atoms with Crippen LogP contribution in [0.4, 0.5) is 0 Å². The van der Waals surface area contributed by atoms with Gasteiger partial charge >= 0.3 is 0 Å². The van der Waals surface area contributed by atoms with E-state index in [1.54, 1.807) is 0 Å². The molecule has 0 aliphatic carbocycles. The van der Waals surface area contributed by atoms with E-state index in [-0.39, 0.29) is 6.10 Å². The highest BCUT2D eigenvalue weighted by Gasteiger charge is 2.19. The highest BCUT2D eigenvalue weighted by molar-refractivity contribution is 5.40. The van der Waals surface area contributed by atoms with Crippen LogP contribution in [0.2, 0.25) is 0 Å². The van der Waals surface area contributed by atoms with E-state index in [1.807, 2.05) is 0 Å². The summed E-state index contributed by atoms with van der Waals surface area (Å²) in [5, 5.41) is 3.36. The molecule has 1 aromatic rings. The number of morpholine rings is 1. The standard InChI is InChI=1S/C16H26N2O2/c1-4-17-10-14-7-5-6-13(2)16(14)20-12-15-11-18(3)8-9-19-15/h5-7,15,17H,4,8-12H2,1-3H3. The number of nitrogens with one attached hydrogen (secondary N) is 1. The largest absolute Gasteiger partial charge is 0.490 e. The molecule has 4 heteroatoms. The molecule has 1 aromatic carbocycles. The van der Waals surface area contributed by atoms with Crippen LogP contribution in [0.25, 0.3) is 0 Å². The van der Waals surface area contributed by atoms with Gasteiger partial charge in [0.1, 0.15) is 18.5 Å². The topological polar surface area (TPSA) is 33.7 Å². The van der Waals surface area contributed by atoms with Crippen LogP contribution >= 0.6 is 0 Å². The first-order valence-electron chi connectivity index (χ1n) is 7.43. The Kier molecular flexibility index (Phi) is 5.83. The van der Waals surface area contributed by atoms with Crippen molar-refractivity contribution in [2.75, 3.05) is 39.9 Å². The summed E-state index contributed by atoms with van der Waals surface area (Å²) in [4.78, 5) is 2.29. The van der Waals surface area contributed by atoms with E-state index in [2.05, 4.69) is 49.3 Å². The Morgan fingerprint density at radius 2 is 2.30 bits per heavy atom. The lowest BCUT2D eigenvalue weighted by atomic mass is 10.1. The number of ether oxygens (including phenoxy) is 2. The van der Waals surface area contributed by atoms with Crippen LogP contribution in [0.5, 0.6) is 5.75 Å². The summed E-state index contributed by atoms with van der Waals surface area (Å²) in [6, 6.07) is 6.30. The van der Waals surface area contributed by atoms with Gasteiger partial charge in [-0.15, -0.1) is 0 Å². The maximum atomic E-state index is 6.06. The molecule has 0 saturated carbocycles. The lowest BCUT2D eigenvalue weighted by Crippen LogP contribution is -2.42. The van der Waals surface area contributed by atoms with Crippen molar-refractivity contribution in [1.82, 2.24) is 10.2 Å². The van der Waals surface area contributed by atoms with Crippen LogP contribution in [-0.4, -0.2) is 50.9 Å². The van der Waals surface area contributed by atoms with Gasteiger partial charge in [-0.3, -0.25) is 0 Å². The molecule has 1 N–H and O–H groups in total. The molecule has 2 rings (SSSR count). The van der Waals surface area contributed by atoms with Crippen molar-refractivity contribution in [3.63, 3.8) is 0 Å². The third kappa shape index (κ3) is 4.20. The average molecular weight is 278 g/mol. The molecule has 1 heterocycles. The van der Waals surface area contributed by atoms with Crippen LogP contribution in [0, 0.1) is 6.92 Å². The third-order valence-corrected chi connectivity index (χ3v) is 3.61. The Bertz CT molecular complexity index is 423. The maximum Gasteiger partial charge on any atom is 0.126 e. The van der Waals surface area contributed by atoms with Gasteiger partial charge in [-0.1, -0.05) is 25.1 Å². The molecule has 1 aliphatic heterocycles. The molecule has 1 fully saturated rings. The van der Waals surface area contributed by atoms with Crippen molar-refractivity contribution in [3.05, 3.63) is 29.3 Å². The molecule has 0 radical (unpaired) electrons. The van der Waals surface area contributed by atoms with Crippen LogP contribution in [0.15, 0.2) is 18.2 Å². The number of rotatable bonds is 6. The van der Waals surface area contributed by atoms with Crippen LogP contribution in [0.3, 0.4) is 0 Å². The minimum Gasteiger partial charge on any atom is -0.490 e. The smallest absolute Gasteiger partial charge is 0.126 e. The quantitative estimate of drug-likeness (QED) is 0.860. The second kappa shape index (κ2) is 7.62. The van der Waals surface area contributed by atoms with Crippen LogP contribution in [-0.2, 0) is 11.3 Å². The van der Waals surface area contributed by atoms with Crippen molar-refractivity contribution in [2.24, 2.45) is 0 Å². The van der Waals surface area contributed by atoms with Gasteiger partial charge < -0.3 is 19.7 Å². The molecule has 112 valence electrons. The Morgan fingerprint density at radius 3 is 3.05 bits per heavy atom. The van der Waals surface area contributed by atoms with E-state index in [0.29, 0.717) is 6.61 Å². The second-order valence-electron chi connectivity index (χ2n) is 5.41. The van der Waals surface area contributed by atoms with Gasteiger partial charge in [-0.2, -0.15) is 0 Å². The highest BCUT2D eigenvalue weighted by atomic mass is 16.5. The number of aryl methyl sites for hydroxylation is 1. The Balaban J connectivity index is 1.97. The van der Waals surface area contributed by atoms with Crippen LogP contribution < -0.4 is 10.1 Å². The van der Waals surface area contributed by atoms with Crippen molar-refractivity contribution >= 4 is 0 Å². The van der Waals surface area contributed by atoms with Gasteiger partial charge in [-0.25, -0.2) is 0 Å². The minimum atomic E-state index is 0.167. The second-order valence-corrected chi connectivity index (χ2v) is 5.41. The fraction of sp³-hybridized carbons (Fsp3) is 0.625. The van der Waals surface area contributed by atoms with E-state index in [1.165, 1.54) is 11.1 Å². The van der Waals surface area contributed by atoms with Crippen molar-refractivity contribution in [2.45, 2.75) is 26.5 Å². The zero-order valence-corrected chi connectivity index (χ0v) is 12.8. The van der Waals surface area contributed by atoms with Crippen molar-refractivity contribution in [1.29, 1.82) is 0 Å². The summed E-state index contributed by atoms with van der Waals surface area (Å²) in [6.07, 6.45) is 0.167. The molecule has 4 nitrogen and oxygen atoms in total. The zero-order chi connectivity index (χ0) is 14.4. The van der Waals surface area contributed by atoms with Crippen LogP contribution in [0.1, 0.15) is 18.1 Å². The molecule has 0 spiro atoms. The lowest BCUT2D eigenvalue weighted by molar-refractivity contribution is -0.0405. The van der Waals surface area contributed by atoms with E-state index < -0.39 is 0 Å². The van der Waals surface area contributed by atoms with E-state index in [9.17, 15) is 0 Å². The number of hydrogen-bond donors (Lipinski definition) is 1. The first kappa shape index (κ1) is 15.3. The molecule has 1 atom stereocenters. The van der Waals surface area contributed by atoms with Gasteiger partial charge in [-0.05, 0) is 26.1 Å². The summed E-state index contributed by atoms with van der Waals surface area (Å²) in [5.74, 6) is 1.00. The summed E-state index contributed by atoms with van der Waals surface area (Å²) in [6.45, 7) is 9.38. The molecular weight excluding hydrogens is 252 g/mol. The number of nitrogens with zero attached hydrogens (tertiary/aromatic N) is 1. The monoisotopic (exact) mass is 278 g/mol. The Labute approximate surface area is 122 Å². The SMILES string of the molecule is CCNCc1cccc(C)c1OCC1CN(C)CCO1. The van der Waals surface area contributed by atoms with E-state index in [0.717, 1.165) is 38.5 Å². The van der Waals surface area contributed by atoms with E-state index >= 15 is 0 Å². The first-order chi connectivity index (χ1) is 9.70. The highest BCUT2D eigenvalue weighted by Crippen LogP contribution is 2.24. The summed E-state index contributed by atoms with van der Waals surface area (Å²) in [5.41, 5.74) is 2.40. The average Bonchev–Trinajstić information content (AvgIpc) is 2.44. The molecule has 20 heavy (non-hydrogen) atoms. The first-order valence-corrected chi connectivity index (χ1v) is 7.43. The minimum absolute atomic E-state index is 0.167. The predicted octanol–water partition coefficient (Wildman–Crippen LogP) is 1.81. The van der Waals surface area contributed by atoms with Gasteiger partial charge in [0.15, 0.2) is 0 Å². The Morgan fingerprint density at radius 1 is 1.45 bits per heavy atom. The molecule has 0 bridgehead atoms. The molecular formula is C16H26N2O2. The molecule has 0 aromatic heterocycles. The zero-order valence-electron chi connectivity index (χ0n) is 12.8. The number of para-hydroxylation sites is 1. The predicted molar refractivity (Wildman–Crippen MR) is 81.3 cm³/mol. The van der Waals surface area contributed by atoms with Crippen molar-refractivity contribution in [3.8, 4) is 5.75 Å². The molecule has 0 amide bonds. The van der Waals surface area contributed by atoms with Crippen molar-refractivity contribution < 1.29 is 9.47 Å². The van der Waals surface area contributed by atoms with Gasteiger partial charge in [0.05, 0.1) is 6.61 Å². The fourth-order valence-electron chi connectivity index (χ4n) is 2.46. The maximum absolute atomic E-state index is 6.06. The summed E-state index contributed by atoms with van der Waals surface area (Å²) < 4.78 is 11.8. The summed E-state index contributed by atoms with van der Waals surface area (Å²) >= 11 is 0. The molecule has 1 unspecified atom stereocenters. The third-order valence-electron chi connectivity index (χ3n) is 3.61.